The van der Waals surface area contributed by atoms with Crippen molar-refractivity contribution in [3.05, 3.63) is 41.9 Å². The molecule has 0 bridgehead atoms. The molecule has 2 rings (SSSR count). The van der Waals surface area contributed by atoms with Crippen molar-refractivity contribution in [1.29, 1.82) is 0 Å². The van der Waals surface area contributed by atoms with Crippen molar-refractivity contribution in [2.24, 2.45) is 7.05 Å². The van der Waals surface area contributed by atoms with Gasteiger partial charge in [0, 0.05) is 31.1 Å². The molecule has 0 spiro atoms. The van der Waals surface area contributed by atoms with Crippen molar-refractivity contribution >= 4 is 0 Å². The Morgan fingerprint density at radius 2 is 2.20 bits per heavy atom. The smallest absolute Gasteiger partial charge is 0.213 e. The van der Waals surface area contributed by atoms with Crippen LogP contribution in [0.4, 0.5) is 0 Å². The summed E-state index contributed by atoms with van der Waals surface area (Å²) in [6, 6.07) is 3.84. The first-order valence-electron chi connectivity index (χ1n) is 4.77. The molecule has 2 aromatic rings. The number of hydrogen-bond donors (Lipinski definition) is 0. The number of ether oxygens (including phenoxy) is 1. The van der Waals surface area contributed by atoms with Crippen LogP contribution in [0.5, 0.6) is 5.88 Å². The molecule has 0 aliphatic carbocycles. The summed E-state index contributed by atoms with van der Waals surface area (Å²) in [6.07, 6.45) is 5.50. The average Bonchev–Trinajstić information content (AvgIpc) is 2.64. The van der Waals surface area contributed by atoms with Crippen molar-refractivity contribution in [1.82, 2.24) is 14.8 Å². The molecule has 0 unspecified atom stereocenters. The molecule has 0 saturated heterocycles. The van der Waals surface area contributed by atoms with Gasteiger partial charge in [0.15, 0.2) is 0 Å². The van der Waals surface area contributed by atoms with Crippen LogP contribution in [0.15, 0.2) is 30.7 Å². The second-order valence-corrected chi connectivity index (χ2v) is 3.48. The molecule has 2 heterocycles. The molecule has 0 aliphatic rings. The maximum Gasteiger partial charge on any atom is 0.213 e. The molecule has 0 radical (unpaired) electrons. The van der Waals surface area contributed by atoms with Gasteiger partial charge in [0.05, 0.1) is 6.20 Å². The Hall–Kier alpha value is -1.84. The lowest BCUT2D eigenvalue weighted by Crippen LogP contribution is -1.96. The quantitative estimate of drug-likeness (QED) is 0.762. The number of nitrogens with zero attached hydrogens (tertiary/aromatic N) is 3. The van der Waals surface area contributed by atoms with Gasteiger partial charge >= 0.3 is 0 Å². The van der Waals surface area contributed by atoms with Gasteiger partial charge < -0.3 is 4.74 Å². The van der Waals surface area contributed by atoms with E-state index in [1.165, 1.54) is 0 Å². The number of hydrogen-bond acceptors (Lipinski definition) is 3. The minimum absolute atomic E-state index is 0.504. The van der Waals surface area contributed by atoms with E-state index in [9.17, 15) is 0 Å². The fraction of sp³-hybridized carbons (Fsp3) is 0.273. The molecular formula is C11H13N3O. The Kier molecular flexibility index (Phi) is 2.67. The summed E-state index contributed by atoms with van der Waals surface area (Å²) in [5, 5.41) is 4.06. The minimum Gasteiger partial charge on any atom is -0.473 e. The van der Waals surface area contributed by atoms with Crippen LogP contribution in [0, 0.1) is 6.92 Å². The first kappa shape index (κ1) is 9.71. The van der Waals surface area contributed by atoms with Crippen molar-refractivity contribution in [3.8, 4) is 5.88 Å². The molecule has 0 fully saturated rings. The predicted octanol–water partition coefficient (Wildman–Crippen LogP) is 1.70. The zero-order chi connectivity index (χ0) is 10.7. The van der Waals surface area contributed by atoms with E-state index in [4.69, 9.17) is 4.74 Å². The van der Waals surface area contributed by atoms with E-state index < -0.39 is 0 Å². The highest BCUT2D eigenvalue weighted by atomic mass is 16.5. The zero-order valence-electron chi connectivity index (χ0n) is 8.84. The SMILES string of the molecule is Cc1ccc(OCc2cnn(C)c2)nc1. The fourth-order valence-corrected chi connectivity index (χ4v) is 1.24. The molecule has 2 aromatic heterocycles. The Balaban J connectivity index is 1.96. The van der Waals surface area contributed by atoms with Gasteiger partial charge in [-0.15, -0.1) is 0 Å². The third kappa shape index (κ3) is 2.56. The topological polar surface area (TPSA) is 39.9 Å². The summed E-state index contributed by atoms with van der Waals surface area (Å²) >= 11 is 0. The van der Waals surface area contributed by atoms with Crippen LogP contribution in [0.2, 0.25) is 0 Å². The fourth-order valence-electron chi connectivity index (χ4n) is 1.24. The summed E-state index contributed by atoms with van der Waals surface area (Å²) in [5.41, 5.74) is 2.17. The summed E-state index contributed by atoms with van der Waals surface area (Å²) in [4.78, 5) is 4.15. The third-order valence-electron chi connectivity index (χ3n) is 2.03. The third-order valence-corrected chi connectivity index (χ3v) is 2.03. The standard InChI is InChI=1S/C11H13N3O/c1-9-3-4-11(12-5-9)15-8-10-6-13-14(2)7-10/h3-7H,8H2,1-2H3. The van der Waals surface area contributed by atoms with Crippen molar-refractivity contribution in [2.45, 2.75) is 13.5 Å². The van der Waals surface area contributed by atoms with Crippen LogP contribution < -0.4 is 4.74 Å². The highest BCUT2D eigenvalue weighted by Crippen LogP contribution is 2.09. The lowest BCUT2D eigenvalue weighted by atomic mass is 10.3. The highest BCUT2D eigenvalue weighted by Gasteiger charge is 1.98. The van der Waals surface area contributed by atoms with E-state index >= 15 is 0 Å². The van der Waals surface area contributed by atoms with Crippen LogP contribution in [0.25, 0.3) is 0 Å². The molecule has 4 nitrogen and oxygen atoms in total. The Morgan fingerprint density at radius 3 is 2.80 bits per heavy atom. The second kappa shape index (κ2) is 4.13. The van der Waals surface area contributed by atoms with Gasteiger partial charge in [0.25, 0.3) is 0 Å². The second-order valence-electron chi connectivity index (χ2n) is 3.48. The summed E-state index contributed by atoms with van der Waals surface area (Å²) in [5.74, 6) is 0.643. The monoisotopic (exact) mass is 203 g/mol. The zero-order valence-corrected chi connectivity index (χ0v) is 8.84. The van der Waals surface area contributed by atoms with E-state index in [0.29, 0.717) is 12.5 Å². The first-order chi connectivity index (χ1) is 7.24. The van der Waals surface area contributed by atoms with Crippen molar-refractivity contribution in [2.75, 3.05) is 0 Å². The molecule has 0 aromatic carbocycles. The van der Waals surface area contributed by atoms with E-state index in [1.54, 1.807) is 17.1 Å². The van der Waals surface area contributed by atoms with Gasteiger partial charge in [-0.05, 0) is 12.5 Å². The van der Waals surface area contributed by atoms with Crippen molar-refractivity contribution in [3.63, 3.8) is 0 Å². The maximum atomic E-state index is 5.50. The Labute approximate surface area is 88.5 Å². The predicted molar refractivity (Wildman–Crippen MR) is 56.5 cm³/mol. The van der Waals surface area contributed by atoms with Crippen LogP contribution >= 0.6 is 0 Å². The first-order valence-corrected chi connectivity index (χ1v) is 4.77. The van der Waals surface area contributed by atoms with E-state index in [2.05, 4.69) is 10.1 Å². The summed E-state index contributed by atoms with van der Waals surface area (Å²) < 4.78 is 7.25. The molecule has 15 heavy (non-hydrogen) atoms. The number of rotatable bonds is 3. The van der Waals surface area contributed by atoms with Gasteiger partial charge in [-0.2, -0.15) is 5.10 Å². The minimum atomic E-state index is 0.504. The number of aryl methyl sites for hydroxylation is 2. The highest BCUT2D eigenvalue weighted by molar-refractivity contribution is 5.16. The molecular weight excluding hydrogens is 190 g/mol. The normalized spacial score (nSPS) is 10.3. The van der Waals surface area contributed by atoms with Gasteiger partial charge in [-0.25, -0.2) is 4.98 Å². The molecule has 0 atom stereocenters. The molecule has 0 N–H and O–H groups in total. The van der Waals surface area contributed by atoms with Crippen molar-refractivity contribution < 1.29 is 4.74 Å². The van der Waals surface area contributed by atoms with Gasteiger partial charge in [0.2, 0.25) is 5.88 Å². The van der Waals surface area contributed by atoms with E-state index in [1.807, 2.05) is 32.3 Å². The lowest BCUT2D eigenvalue weighted by Gasteiger charge is -2.02. The van der Waals surface area contributed by atoms with Crippen LogP contribution in [0.1, 0.15) is 11.1 Å². The lowest BCUT2D eigenvalue weighted by molar-refractivity contribution is 0.293. The summed E-state index contributed by atoms with van der Waals surface area (Å²) in [7, 11) is 1.88. The van der Waals surface area contributed by atoms with Crippen LogP contribution in [-0.4, -0.2) is 14.8 Å². The largest absolute Gasteiger partial charge is 0.473 e. The van der Waals surface area contributed by atoms with E-state index in [-0.39, 0.29) is 0 Å². The van der Waals surface area contributed by atoms with Crippen LogP contribution in [-0.2, 0) is 13.7 Å². The summed E-state index contributed by atoms with van der Waals surface area (Å²) in [6.45, 7) is 2.50. The maximum absolute atomic E-state index is 5.50. The molecule has 0 amide bonds. The number of pyridine rings is 1. The molecule has 0 saturated carbocycles. The van der Waals surface area contributed by atoms with Gasteiger partial charge in [0.1, 0.15) is 6.61 Å². The Morgan fingerprint density at radius 1 is 1.33 bits per heavy atom. The van der Waals surface area contributed by atoms with Gasteiger partial charge in [-0.3, -0.25) is 4.68 Å². The Bertz CT molecular complexity index is 433. The van der Waals surface area contributed by atoms with Gasteiger partial charge in [-0.1, -0.05) is 6.07 Å². The van der Waals surface area contributed by atoms with Crippen LogP contribution in [0.3, 0.4) is 0 Å². The molecule has 4 heteroatoms. The van der Waals surface area contributed by atoms with E-state index in [0.717, 1.165) is 11.1 Å². The average molecular weight is 203 g/mol. The molecule has 78 valence electrons. The number of aromatic nitrogens is 3. The molecule has 0 aliphatic heterocycles.